The maximum Gasteiger partial charge on any atom is 0.336 e. The van der Waals surface area contributed by atoms with Gasteiger partial charge in [-0.25, -0.2) is 9.48 Å². The fourth-order valence-corrected chi connectivity index (χ4v) is 3.95. The van der Waals surface area contributed by atoms with E-state index < -0.39 is 36.4 Å². The SMILES string of the molecule is Cc1cc(C)n(-c2cccc(CN(CCN(C)C)Cc3cccnc3)c2)n1.O=C(O)CC(O)(CC(=O)O)C(=O)O. The van der Waals surface area contributed by atoms with E-state index in [9.17, 15) is 14.4 Å². The molecule has 0 aliphatic carbocycles. The van der Waals surface area contributed by atoms with Gasteiger partial charge < -0.3 is 25.3 Å². The second-order valence-electron chi connectivity index (χ2n) is 9.86. The second kappa shape index (κ2) is 14.9. The monoisotopic (exact) mass is 555 g/mol. The van der Waals surface area contributed by atoms with Gasteiger partial charge in [0.05, 0.1) is 24.2 Å². The molecule has 0 saturated heterocycles. The van der Waals surface area contributed by atoms with Crippen LogP contribution in [0.15, 0.2) is 54.9 Å². The summed E-state index contributed by atoms with van der Waals surface area (Å²) in [6.45, 7) is 7.95. The maximum atomic E-state index is 10.3. The molecule has 3 rings (SSSR count). The largest absolute Gasteiger partial charge is 0.481 e. The first-order valence-electron chi connectivity index (χ1n) is 12.6. The second-order valence-corrected chi connectivity index (χ2v) is 9.86. The van der Waals surface area contributed by atoms with E-state index in [0.717, 1.165) is 43.3 Å². The van der Waals surface area contributed by atoms with Gasteiger partial charge in [0.1, 0.15) is 0 Å². The number of rotatable bonds is 13. The number of aryl methyl sites for hydroxylation is 2. The molecule has 3 aromatic rings. The lowest BCUT2D eigenvalue weighted by atomic mass is 9.96. The highest BCUT2D eigenvalue weighted by Crippen LogP contribution is 2.17. The van der Waals surface area contributed by atoms with Crippen LogP contribution < -0.4 is 0 Å². The minimum Gasteiger partial charge on any atom is -0.481 e. The van der Waals surface area contributed by atoms with E-state index >= 15 is 0 Å². The number of hydrogen-bond donors (Lipinski definition) is 4. The summed E-state index contributed by atoms with van der Waals surface area (Å²) in [6, 6.07) is 14.9. The standard InChI is InChI=1S/C22H29N5.C6H8O7/c1-18-13-19(2)27(24-18)22-9-5-7-20(14-22)16-26(12-11-25(3)4)17-21-8-6-10-23-15-21;7-3(8)1-6(13,5(11)12)2-4(9)10/h5-10,13-15H,11-12,16-17H2,1-4H3;13H,1-2H2,(H,7,8)(H,9,10)(H,11,12). The summed E-state index contributed by atoms with van der Waals surface area (Å²) in [5.74, 6) is -5.02. The van der Waals surface area contributed by atoms with Crippen LogP contribution in [0.3, 0.4) is 0 Å². The van der Waals surface area contributed by atoms with Crippen molar-refractivity contribution in [3.05, 3.63) is 77.4 Å². The lowest BCUT2D eigenvalue weighted by Crippen LogP contribution is -2.42. The van der Waals surface area contributed by atoms with Gasteiger partial charge in [0, 0.05) is 44.3 Å². The lowest BCUT2D eigenvalue weighted by Gasteiger charge is -2.24. The van der Waals surface area contributed by atoms with Crippen LogP contribution >= 0.6 is 0 Å². The Labute approximate surface area is 233 Å². The number of aliphatic carboxylic acids is 3. The van der Waals surface area contributed by atoms with Crippen LogP contribution in [0.5, 0.6) is 0 Å². The van der Waals surface area contributed by atoms with Crippen molar-refractivity contribution in [2.24, 2.45) is 0 Å². The Kier molecular flexibility index (Phi) is 11.9. The number of benzene rings is 1. The molecule has 0 atom stereocenters. The van der Waals surface area contributed by atoms with Crippen molar-refractivity contribution in [1.82, 2.24) is 24.6 Å². The summed E-state index contributed by atoms with van der Waals surface area (Å²) in [7, 11) is 4.23. The van der Waals surface area contributed by atoms with E-state index in [1.807, 2.05) is 30.1 Å². The molecular formula is C28H37N5O7. The number of pyridine rings is 1. The molecule has 2 aromatic heterocycles. The van der Waals surface area contributed by atoms with Gasteiger partial charge in [0.15, 0.2) is 5.60 Å². The molecule has 0 aliphatic heterocycles. The normalized spacial score (nSPS) is 11.3. The summed E-state index contributed by atoms with van der Waals surface area (Å²) < 4.78 is 2.02. The smallest absolute Gasteiger partial charge is 0.336 e. The van der Waals surface area contributed by atoms with Crippen LogP contribution in [-0.4, -0.2) is 95.7 Å². The molecule has 12 nitrogen and oxygen atoms in total. The van der Waals surface area contributed by atoms with Crippen LogP contribution in [0.1, 0.15) is 35.4 Å². The van der Waals surface area contributed by atoms with Crippen molar-refractivity contribution in [3.63, 3.8) is 0 Å². The van der Waals surface area contributed by atoms with Gasteiger partial charge in [0.2, 0.25) is 0 Å². The zero-order chi connectivity index (χ0) is 29.9. The van der Waals surface area contributed by atoms with Gasteiger partial charge in [-0.2, -0.15) is 5.10 Å². The summed E-state index contributed by atoms with van der Waals surface area (Å²) in [6.07, 6.45) is 1.49. The van der Waals surface area contributed by atoms with Crippen molar-refractivity contribution in [2.75, 3.05) is 27.2 Å². The van der Waals surface area contributed by atoms with E-state index in [2.05, 4.69) is 77.3 Å². The highest BCUT2D eigenvalue weighted by atomic mass is 16.4. The van der Waals surface area contributed by atoms with E-state index in [1.165, 1.54) is 11.1 Å². The first-order chi connectivity index (χ1) is 18.8. The van der Waals surface area contributed by atoms with Crippen LogP contribution in [0.4, 0.5) is 0 Å². The molecule has 40 heavy (non-hydrogen) atoms. The third-order valence-corrected chi connectivity index (χ3v) is 5.85. The number of carbonyl (C=O) groups is 3. The van der Waals surface area contributed by atoms with Gasteiger partial charge in [-0.3, -0.25) is 19.5 Å². The number of aromatic nitrogens is 3. The predicted octanol–water partition coefficient (Wildman–Crippen LogP) is 2.20. The molecule has 1 aromatic carbocycles. The number of aliphatic hydroxyl groups is 1. The van der Waals surface area contributed by atoms with Crippen molar-refractivity contribution >= 4 is 17.9 Å². The van der Waals surface area contributed by atoms with Crippen molar-refractivity contribution in [3.8, 4) is 5.69 Å². The Morgan fingerprint density at radius 2 is 1.52 bits per heavy atom. The van der Waals surface area contributed by atoms with Gasteiger partial charge in [-0.15, -0.1) is 0 Å². The highest BCUT2D eigenvalue weighted by Gasteiger charge is 2.40. The average molecular weight is 556 g/mol. The summed E-state index contributed by atoms with van der Waals surface area (Å²) in [5.41, 5.74) is 3.12. The van der Waals surface area contributed by atoms with Crippen molar-refractivity contribution in [1.29, 1.82) is 0 Å². The first-order valence-corrected chi connectivity index (χ1v) is 12.6. The Morgan fingerprint density at radius 1 is 0.900 bits per heavy atom. The molecular weight excluding hydrogens is 518 g/mol. The molecule has 0 fully saturated rings. The topological polar surface area (TPSA) is 169 Å². The van der Waals surface area contributed by atoms with E-state index in [-0.39, 0.29) is 0 Å². The van der Waals surface area contributed by atoms with Gasteiger partial charge >= 0.3 is 17.9 Å². The fourth-order valence-electron chi connectivity index (χ4n) is 3.95. The van der Waals surface area contributed by atoms with Crippen LogP contribution in [0, 0.1) is 13.8 Å². The molecule has 12 heteroatoms. The summed E-state index contributed by atoms with van der Waals surface area (Å²) >= 11 is 0. The molecule has 0 amide bonds. The number of carboxylic acids is 3. The number of hydrogen-bond acceptors (Lipinski definition) is 8. The molecule has 4 N–H and O–H groups in total. The Balaban J connectivity index is 0.000000366. The molecule has 2 heterocycles. The maximum absolute atomic E-state index is 10.3. The van der Waals surface area contributed by atoms with Crippen molar-refractivity contribution < 1.29 is 34.8 Å². The minimum atomic E-state index is -2.74. The molecule has 0 bridgehead atoms. The number of carboxylic acid groups (broad SMARTS) is 3. The predicted molar refractivity (Wildman–Crippen MR) is 147 cm³/mol. The average Bonchev–Trinajstić information content (AvgIpc) is 3.20. The molecule has 0 saturated carbocycles. The van der Waals surface area contributed by atoms with E-state index in [0.29, 0.717) is 0 Å². The Hall–Kier alpha value is -4.13. The fraction of sp³-hybridized carbons (Fsp3) is 0.393. The highest BCUT2D eigenvalue weighted by molar-refractivity contribution is 5.88. The van der Waals surface area contributed by atoms with E-state index in [1.54, 1.807) is 0 Å². The summed E-state index contributed by atoms with van der Waals surface area (Å²) in [5, 5.41) is 38.4. The van der Waals surface area contributed by atoms with Gasteiger partial charge in [-0.05, 0) is 63.3 Å². The third kappa shape index (κ3) is 10.6. The lowest BCUT2D eigenvalue weighted by molar-refractivity contribution is -0.170. The summed E-state index contributed by atoms with van der Waals surface area (Å²) in [4.78, 5) is 39.4. The zero-order valence-corrected chi connectivity index (χ0v) is 23.2. The van der Waals surface area contributed by atoms with Gasteiger partial charge in [-0.1, -0.05) is 18.2 Å². The Morgan fingerprint density at radius 3 is 2.02 bits per heavy atom. The van der Waals surface area contributed by atoms with Gasteiger partial charge in [0.25, 0.3) is 0 Å². The zero-order valence-electron chi connectivity index (χ0n) is 23.2. The van der Waals surface area contributed by atoms with Crippen LogP contribution in [-0.2, 0) is 27.5 Å². The molecule has 0 aliphatic rings. The molecule has 216 valence electrons. The quantitative estimate of drug-likeness (QED) is 0.244. The van der Waals surface area contributed by atoms with Crippen LogP contribution in [0.2, 0.25) is 0 Å². The molecule has 0 unspecified atom stereocenters. The molecule has 0 radical (unpaired) electrons. The van der Waals surface area contributed by atoms with Crippen LogP contribution in [0.25, 0.3) is 5.69 Å². The third-order valence-electron chi connectivity index (χ3n) is 5.85. The van der Waals surface area contributed by atoms with Crippen molar-refractivity contribution in [2.45, 2.75) is 45.4 Å². The molecule has 0 spiro atoms. The van der Waals surface area contributed by atoms with E-state index in [4.69, 9.17) is 20.4 Å². The first kappa shape index (κ1) is 32.1. The Bertz CT molecular complexity index is 1260. The number of nitrogens with zero attached hydrogens (tertiary/aromatic N) is 5. The minimum absolute atomic E-state index is 0.895. The number of likely N-dealkylation sites (N-methyl/N-ethyl adjacent to an activating group) is 1.